The first-order chi connectivity index (χ1) is 20.4. The Hall–Kier alpha value is -3.86. The summed E-state index contributed by atoms with van der Waals surface area (Å²) < 4.78 is 33.9. The summed E-state index contributed by atoms with van der Waals surface area (Å²) in [5, 5.41) is 17.1. The lowest BCUT2D eigenvalue weighted by molar-refractivity contribution is -0.125. The molecule has 6 rings (SSSR count). The lowest BCUT2D eigenvalue weighted by Gasteiger charge is -2.32. The Kier molecular flexibility index (Phi) is 8.19. The molecule has 1 amide bonds. The zero-order valence-electron chi connectivity index (χ0n) is 23.3. The van der Waals surface area contributed by atoms with Gasteiger partial charge in [0.1, 0.15) is 6.61 Å². The number of anilines is 3. The second-order valence-corrected chi connectivity index (χ2v) is 13.3. The Bertz CT molecular complexity index is 1560. The van der Waals surface area contributed by atoms with Crippen molar-refractivity contribution in [3.05, 3.63) is 48.9 Å². The van der Waals surface area contributed by atoms with Crippen molar-refractivity contribution in [2.45, 2.75) is 49.8 Å². The summed E-state index contributed by atoms with van der Waals surface area (Å²) in [5.74, 6) is 0.710. The van der Waals surface area contributed by atoms with E-state index in [1.54, 1.807) is 21.6 Å². The van der Waals surface area contributed by atoms with Crippen LogP contribution in [-0.4, -0.2) is 76.5 Å². The van der Waals surface area contributed by atoms with Gasteiger partial charge in [0.2, 0.25) is 16.0 Å². The third-order valence-corrected chi connectivity index (χ3v) is 10.6. The molecule has 12 nitrogen and oxygen atoms in total. The molecule has 1 saturated carbocycles. The van der Waals surface area contributed by atoms with Gasteiger partial charge in [-0.25, -0.2) is 22.7 Å². The van der Waals surface area contributed by atoms with Crippen LogP contribution in [-0.2, 0) is 19.6 Å². The van der Waals surface area contributed by atoms with Crippen molar-refractivity contribution in [2.24, 2.45) is 5.92 Å². The van der Waals surface area contributed by atoms with Gasteiger partial charge in [0, 0.05) is 49.0 Å². The predicted molar refractivity (Wildman–Crippen MR) is 156 cm³/mol. The molecule has 220 valence electrons. The van der Waals surface area contributed by atoms with E-state index in [0.717, 1.165) is 49.0 Å². The highest BCUT2D eigenvalue weighted by Crippen LogP contribution is 2.35. The van der Waals surface area contributed by atoms with Crippen LogP contribution in [0.1, 0.15) is 44.6 Å². The third kappa shape index (κ3) is 6.30. The molecule has 1 unspecified atom stereocenters. The first-order valence-corrected chi connectivity index (χ1v) is 15.9. The number of rotatable bonds is 10. The van der Waals surface area contributed by atoms with Crippen LogP contribution in [0.4, 0.5) is 17.3 Å². The zero-order chi connectivity index (χ0) is 29.1. The largest absolute Gasteiger partial charge is 0.370 e. The van der Waals surface area contributed by atoms with Crippen LogP contribution >= 0.6 is 0 Å². The van der Waals surface area contributed by atoms with Gasteiger partial charge in [0.05, 0.1) is 42.3 Å². The average Bonchev–Trinajstić information content (AvgIpc) is 3.76. The lowest BCUT2D eigenvalue weighted by atomic mass is 9.90. The Morgan fingerprint density at radius 1 is 1.10 bits per heavy atom. The van der Waals surface area contributed by atoms with Gasteiger partial charge in [-0.3, -0.25) is 9.48 Å². The second kappa shape index (κ2) is 12.2. The maximum atomic E-state index is 12.6. The van der Waals surface area contributed by atoms with Crippen LogP contribution in [0.2, 0.25) is 0 Å². The molecule has 1 N–H and O–H groups in total. The van der Waals surface area contributed by atoms with Crippen LogP contribution < -0.4 is 10.2 Å². The minimum atomic E-state index is -3.13. The Morgan fingerprint density at radius 3 is 2.60 bits per heavy atom. The number of nitrogens with one attached hydrogen (secondary N) is 1. The highest BCUT2D eigenvalue weighted by atomic mass is 32.2. The molecule has 0 bridgehead atoms. The van der Waals surface area contributed by atoms with Crippen LogP contribution in [0.3, 0.4) is 0 Å². The average molecular weight is 591 g/mol. The lowest BCUT2D eigenvalue weighted by Crippen LogP contribution is -2.41. The number of piperidine rings is 1. The smallest absolute Gasteiger partial charge is 0.253 e. The van der Waals surface area contributed by atoms with Crippen molar-refractivity contribution in [3.63, 3.8) is 0 Å². The van der Waals surface area contributed by atoms with Gasteiger partial charge in [-0.2, -0.15) is 10.4 Å². The molecule has 3 fully saturated rings. The van der Waals surface area contributed by atoms with Crippen LogP contribution in [0.5, 0.6) is 0 Å². The minimum Gasteiger partial charge on any atom is -0.370 e. The molecule has 1 atom stereocenters. The number of amides is 1. The number of benzene rings is 1. The summed E-state index contributed by atoms with van der Waals surface area (Å²) in [5.41, 5.74) is 3.12. The number of carbonyl (C=O) groups is 1. The van der Waals surface area contributed by atoms with Crippen LogP contribution in [0, 0.1) is 17.2 Å². The molecule has 2 aliphatic heterocycles. The number of ether oxygens (including phenoxy) is 1. The monoisotopic (exact) mass is 590 g/mol. The Labute approximate surface area is 245 Å². The van der Waals surface area contributed by atoms with Crippen LogP contribution in [0.25, 0.3) is 11.3 Å². The number of hydrogen-bond donors (Lipinski definition) is 1. The first-order valence-electron chi connectivity index (χ1n) is 14.4. The first kappa shape index (κ1) is 28.3. The normalized spacial score (nSPS) is 19.4. The summed E-state index contributed by atoms with van der Waals surface area (Å²) in [6, 6.07) is 11.5. The van der Waals surface area contributed by atoms with Crippen molar-refractivity contribution < 1.29 is 17.9 Å². The topological polar surface area (TPSA) is 146 Å². The van der Waals surface area contributed by atoms with Crippen molar-refractivity contribution in [1.82, 2.24) is 24.1 Å². The van der Waals surface area contributed by atoms with Gasteiger partial charge in [0.25, 0.3) is 5.91 Å². The van der Waals surface area contributed by atoms with Gasteiger partial charge < -0.3 is 15.0 Å². The van der Waals surface area contributed by atoms with Gasteiger partial charge in [0.15, 0.2) is 0 Å². The van der Waals surface area contributed by atoms with Crippen LogP contribution in [0.15, 0.2) is 48.9 Å². The van der Waals surface area contributed by atoms with Gasteiger partial charge in [-0.1, -0.05) is 0 Å². The molecule has 3 aromatic rings. The number of nitrogens with zero attached hydrogens (tertiary/aromatic N) is 7. The fraction of sp³-hybridized carbons (Fsp3) is 0.483. The highest BCUT2D eigenvalue weighted by molar-refractivity contribution is 7.90. The molecule has 2 saturated heterocycles. The van der Waals surface area contributed by atoms with E-state index >= 15 is 0 Å². The standard InChI is InChI=1S/C29H34N8O4S/c30-11-7-25(17-21-9-13-35(14-10-21)42(39,40)26-5-6-26)37-19-22(18-32-37)27-8-12-31-29(34-27)33-23-1-3-24(4-2-23)36-15-16-41-20-28(36)38/h1-4,8,12,18-19,21,25-26H,5-7,9-10,13-17,20H2,(H,31,33,34). The van der Waals surface area contributed by atoms with Crippen molar-refractivity contribution >= 4 is 33.3 Å². The molecule has 0 spiro atoms. The molecule has 3 aliphatic rings. The quantitative estimate of drug-likeness (QED) is 0.375. The van der Waals surface area contributed by atoms with E-state index in [-0.39, 0.29) is 23.8 Å². The summed E-state index contributed by atoms with van der Waals surface area (Å²) in [6.07, 6.45) is 9.59. The number of carbonyl (C=O) groups excluding carboxylic acids is 1. The fourth-order valence-corrected chi connectivity index (χ4v) is 7.52. The number of aromatic nitrogens is 4. The molecule has 1 aromatic carbocycles. The van der Waals surface area contributed by atoms with Crippen molar-refractivity contribution in [1.29, 1.82) is 5.26 Å². The maximum absolute atomic E-state index is 12.6. The highest BCUT2D eigenvalue weighted by Gasteiger charge is 2.41. The van der Waals surface area contributed by atoms with Crippen molar-refractivity contribution in [2.75, 3.05) is 43.1 Å². The predicted octanol–water partition coefficient (Wildman–Crippen LogP) is 3.50. The van der Waals surface area contributed by atoms with Gasteiger partial charge in [-0.15, -0.1) is 0 Å². The van der Waals surface area contributed by atoms with E-state index in [4.69, 9.17) is 4.74 Å². The number of nitriles is 1. The molecule has 4 heterocycles. The van der Waals surface area contributed by atoms with E-state index in [2.05, 4.69) is 26.5 Å². The minimum absolute atomic E-state index is 0.0553. The summed E-state index contributed by atoms with van der Waals surface area (Å²) in [7, 11) is -3.13. The summed E-state index contributed by atoms with van der Waals surface area (Å²) >= 11 is 0. The maximum Gasteiger partial charge on any atom is 0.253 e. The number of morpholine rings is 1. The zero-order valence-corrected chi connectivity index (χ0v) is 24.1. The summed E-state index contributed by atoms with van der Waals surface area (Å²) in [4.78, 5) is 22.8. The Balaban J connectivity index is 1.09. The molecular formula is C29H34N8O4S. The second-order valence-electron chi connectivity index (χ2n) is 11.1. The van der Waals surface area contributed by atoms with Gasteiger partial charge >= 0.3 is 0 Å². The fourth-order valence-electron chi connectivity index (χ4n) is 5.65. The van der Waals surface area contributed by atoms with E-state index in [9.17, 15) is 18.5 Å². The molecule has 2 aromatic heterocycles. The summed E-state index contributed by atoms with van der Waals surface area (Å²) in [6.45, 7) is 2.26. The van der Waals surface area contributed by atoms with Gasteiger partial charge in [-0.05, 0) is 68.4 Å². The molecule has 0 radical (unpaired) electrons. The number of hydrogen-bond acceptors (Lipinski definition) is 9. The van der Waals surface area contributed by atoms with E-state index in [1.807, 2.05) is 41.2 Å². The third-order valence-electron chi connectivity index (χ3n) is 8.16. The van der Waals surface area contributed by atoms with Crippen molar-refractivity contribution in [3.8, 4) is 17.3 Å². The molecule has 42 heavy (non-hydrogen) atoms. The molecular weight excluding hydrogens is 556 g/mol. The van der Waals surface area contributed by atoms with E-state index in [0.29, 0.717) is 50.2 Å². The molecule has 13 heteroatoms. The Morgan fingerprint density at radius 2 is 1.88 bits per heavy atom. The van der Waals surface area contributed by atoms with E-state index in [1.165, 1.54) is 0 Å². The van der Waals surface area contributed by atoms with E-state index < -0.39 is 10.0 Å². The molecule has 1 aliphatic carbocycles. The SMILES string of the molecule is N#CCC(CC1CCN(S(=O)(=O)C2CC2)CC1)n1cc(-c2ccnc(Nc3ccc(N4CCOCC4=O)cc3)n2)cn1. The number of sulfonamides is 1.